The Hall–Kier alpha value is 4.04. The van der Waals surface area contributed by atoms with E-state index in [4.69, 9.17) is 0 Å². The van der Waals surface area contributed by atoms with Crippen LogP contribution in [-0.2, 0) is 0 Å². The summed E-state index contributed by atoms with van der Waals surface area (Å²) in [7, 11) is 0. The number of hydrogen-bond acceptors (Lipinski definition) is 0. The Bertz CT molecular complexity index is 10.8. The van der Waals surface area contributed by atoms with Crippen LogP contribution in [0.1, 0.15) is 0 Å². The molecule has 34 valence electrons. The van der Waals surface area contributed by atoms with Crippen LogP contribution in [0.25, 0.3) is 0 Å². The van der Waals surface area contributed by atoms with Gasteiger partial charge in [0.15, 0.2) is 17.4 Å². The first-order chi connectivity index (χ1) is 0. The summed E-state index contributed by atoms with van der Waals surface area (Å²) in [6.07, 6.45) is 0. The molecule has 0 aromatic heterocycles. The van der Waals surface area contributed by atoms with Crippen LogP contribution in [0.3, 0.4) is 0 Å². The van der Waals surface area contributed by atoms with Crippen LogP contribution >= 0.6 is 37.2 Å². The van der Waals surface area contributed by atoms with Gasteiger partial charge in [0.25, 0.3) is 0 Å². The van der Waals surface area contributed by atoms with Crippen molar-refractivity contribution in [3.63, 3.8) is 0 Å². The Morgan fingerprint density at radius 1 is 0.667 bits per heavy atom. The molecule has 0 saturated heterocycles. The van der Waals surface area contributed by atoms with Crippen LogP contribution in [0.5, 0.6) is 0 Å². The number of rotatable bonds is 0. The quantitative estimate of drug-likeness (QED) is 0.433. The van der Waals surface area contributed by atoms with Crippen molar-refractivity contribution in [1.82, 2.24) is 0 Å². The van der Waals surface area contributed by atoms with Crippen LogP contribution in [-0.4, -0.2) is 98.3 Å². The van der Waals surface area contributed by atoms with E-state index >= 15 is 0 Å². The van der Waals surface area contributed by atoms with E-state index in [1.54, 1.807) is 0 Å². The van der Waals surface area contributed by atoms with Crippen molar-refractivity contribution in [2.24, 2.45) is 0 Å². The molecular formula is H8AlCl3KNa. The van der Waals surface area contributed by atoms with Gasteiger partial charge in [0.05, 0.1) is 0 Å². The zero-order chi connectivity index (χ0) is 0. The fourth-order valence-electron chi connectivity index (χ4n) is 0. The number of halogens is 3. The Labute approximate surface area is 132 Å². The Kier molecular flexibility index (Phi) is 300. The molecule has 0 spiro atoms. The van der Waals surface area contributed by atoms with Gasteiger partial charge in [0, 0.05) is 0 Å². The second kappa shape index (κ2) is 35.8. The third-order valence-corrected chi connectivity index (χ3v) is 0. The molecule has 0 fully saturated rings. The van der Waals surface area contributed by atoms with Crippen LogP contribution in [0, 0.1) is 0 Å². The maximum absolute atomic E-state index is 0. The molecule has 0 amide bonds. The van der Waals surface area contributed by atoms with Crippen molar-refractivity contribution in [2.45, 2.75) is 0 Å². The summed E-state index contributed by atoms with van der Waals surface area (Å²) in [6, 6.07) is 0. The topological polar surface area (TPSA) is 0 Å². The van der Waals surface area contributed by atoms with Gasteiger partial charge >= 0.3 is 80.9 Å². The van der Waals surface area contributed by atoms with E-state index < -0.39 is 0 Å². The normalized spacial score (nSPS) is 0. The molecule has 0 aliphatic heterocycles. The summed E-state index contributed by atoms with van der Waals surface area (Å²) in [6.45, 7) is 0. The molecule has 0 bridgehead atoms. The second-order valence-electron chi connectivity index (χ2n) is 0. The van der Waals surface area contributed by atoms with Gasteiger partial charge in [-0.25, -0.2) is 0 Å². The third kappa shape index (κ3) is 24.4. The summed E-state index contributed by atoms with van der Waals surface area (Å²) in [5.74, 6) is 0. The summed E-state index contributed by atoms with van der Waals surface area (Å²) >= 11 is 0. The molecule has 0 saturated carbocycles. The predicted octanol–water partition coefficient (Wildman–Crippen LogP) is -1.22. The molecule has 0 aromatic rings. The first-order valence-electron chi connectivity index (χ1n) is 0. The minimum atomic E-state index is 0. The number of hydrogen-bond donors (Lipinski definition) is 0. The van der Waals surface area contributed by atoms with Crippen LogP contribution < -0.4 is 0 Å². The molecule has 0 rings (SSSR count). The molecule has 6 heteroatoms. The van der Waals surface area contributed by atoms with Crippen LogP contribution in [0.2, 0.25) is 0 Å². The average Bonchev–Trinajstić information content (AvgIpc) is 0. The fourth-order valence-corrected chi connectivity index (χ4v) is 0. The van der Waals surface area contributed by atoms with Crippen molar-refractivity contribution < 1.29 is 0 Å². The van der Waals surface area contributed by atoms with Gasteiger partial charge in [-0.05, 0) is 0 Å². The van der Waals surface area contributed by atoms with E-state index in [0.29, 0.717) is 0 Å². The second-order valence-corrected chi connectivity index (χ2v) is 0. The molecule has 0 aromatic carbocycles. The van der Waals surface area contributed by atoms with E-state index in [9.17, 15) is 0 Å². The predicted molar refractivity (Wildman–Crippen MR) is 46.0 cm³/mol. The molecule has 0 unspecified atom stereocenters. The standard InChI is InChI=1S/Al.3ClH.K.Na.5H/h;3*1H;;;;;;;. The molecule has 0 aliphatic carbocycles. The van der Waals surface area contributed by atoms with Gasteiger partial charge in [-0.15, -0.1) is 37.2 Å². The van der Waals surface area contributed by atoms with E-state index in [1.807, 2.05) is 0 Å². The van der Waals surface area contributed by atoms with Gasteiger partial charge in [-0.2, -0.15) is 0 Å². The zero-order valence-corrected chi connectivity index (χ0v) is 3.67. The van der Waals surface area contributed by atoms with E-state index in [-0.39, 0.29) is 136 Å². The average molecular weight is 203 g/mol. The maximum atomic E-state index is 0. The van der Waals surface area contributed by atoms with Crippen molar-refractivity contribution in [2.75, 3.05) is 0 Å². The summed E-state index contributed by atoms with van der Waals surface area (Å²) in [5, 5.41) is 0. The van der Waals surface area contributed by atoms with Crippen molar-refractivity contribution in [3.8, 4) is 0 Å². The van der Waals surface area contributed by atoms with Crippen LogP contribution in [0.15, 0.2) is 0 Å². The van der Waals surface area contributed by atoms with Gasteiger partial charge in [0.1, 0.15) is 0 Å². The van der Waals surface area contributed by atoms with Crippen LogP contribution in [0.4, 0.5) is 0 Å². The molecule has 0 atom stereocenters. The molecule has 0 nitrogen and oxygen atoms in total. The monoisotopic (exact) mass is 202 g/mol. The van der Waals surface area contributed by atoms with Gasteiger partial charge in [-0.3, -0.25) is 0 Å². The SMILES string of the molecule is Cl.Cl.Cl.[AlH3].[KH].[NaH]. The Morgan fingerprint density at radius 3 is 0.667 bits per heavy atom. The molecular weight excluding hydrogens is 195 g/mol. The first-order valence-corrected chi connectivity index (χ1v) is 0. The van der Waals surface area contributed by atoms with Crippen molar-refractivity contribution >= 4 is 136 Å². The third-order valence-electron chi connectivity index (χ3n) is 0. The fraction of sp³-hybridized carbons (Fsp3) is 0. The van der Waals surface area contributed by atoms with E-state index in [1.165, 1.54) is 0 Å². The van der Waals surface area contributed by atoms with Crippen molar-refractivity contribution in [3.05, 3.63) is 0 Å². The van der Waals surface area contributed by atoms with Gasteiger partial charge in [0.2, 0.25) is 0 Å². The molecule has 6 heavy (non-hydrogen) atoms. The van der Waals surface area contributed by atoms with Gasteiger partial charge < -0.3 is 0 Å². The molecule has 0 radical (unpaired) electrons. The van der Waals surface area contributed by atoms with Gasteiger partial charge in [-0.1, -0.05) is 0 Å². The van der Waals surface area contributed by atoms with E-state index in [0.717, 1.165) is 0 Å². The summed E-state index contributed by atoms with van der Waals surface area (Å²) in [5.41, 5.74) is 0. The minimum absolute atomic E-state index is 0. The summed E-state index contributed by atoms with van der Waals surface area (Å²) < 4.78 is 0. The zero-order valence-electron chi connectivity index (χ0n) is 1.22. The first kappa shape index (κ1) is 50.3. The molecule has 0 heterocycles. The molecule has 0 N–H and O–H groups in total. The summed E-state index contributed by atoms with van der Waals surface area (Å²) in [4.78, 5) is 0. The Balaban J connectivity index is 0. The molecule has 0 aliphatic rings. The Morgan fingerprint density at radius 2 is 0.667 bits per heavy atom. The van der Waals surface area contributed by atoms with Crippen molar-refractivity contribution in [1.29, 1.82) is 0 Å². The van der Waals surface area contributed by atoms with E-state index in [2.05, 4.69) is 0 Å².